The molecule has 0 fully saturated rings. The van der Waals surface area contributed by atoms with Gasteiger partial charge in [0.15, 0.2) is 0 Å². The lowest BCUT2D eigenvalue weighted by Crippen LogP contribution is -2.88. The first-order valence-corrected chi connectivity index (χ1v) is 6.66. The SMILES string of the molecule is CCC(CC)[NH2+]Cc1cc(Br)ccc1OC. The van der Waals surface area contributed by atoms with Crippen LogP contribution < -0.4 is 10.1 Å². The van der Waals surface area contributed by atoms with Crippen LogP contribution in [0.15, 0.2) is 22.7 Å². The molecule has 0 amide bonds. The number of halogens is 1. The number of nitrogens with two attached hydrogens (primary N) is 1. The Labute approximate surface area is 107 Å². The molecule has 0 aliphatic rings. The third kappa shape index (κ3) is 3.80. The van der Waals surface area contributed by atoms with E-state index in [0.717, 1.165) is 16.8 Å². The number of benzene rings is 1. The zero-order chi connectivity index (χ0) is 12.0. The van der Waals surface area contributed by atoms with E-state index >= 15 is 0 Å². The molecule has 0 aliphatic carbocycles. The molecule has 3 heteroatoms. The molecule has 2 N–H and O–H groups in total. The highest BCUT2D eigenvalue weighted by molar-refractivity contribution is 9.10. The molecule has 16 heavy (non-hydrogen) atoms. The first kappa shape index (κ1) is 13.5. The Morgan fingerprint density at radius 3 is 2.56 bits per heavy atom. The predicted molar refractivity (Wildman–Crippen MR) is 70.7 cm³/mol. The standard InChI is InChI=1S/C13H20BrNO/c1-4-12(5-2)15-9-10-8-11(14)6-7-13(10)16-3/h6-8,12,15H,4-5,9H2,1-3H3/p+1. The maximum atomic E-state index is 5.36. The molecule has 90 valence electrons. The van der Waals surface area contributed by atoms with Crippen molar-refractivity contribution < 1.29 is 10.1 Å². The second-order valence-electron chi connectivity index (χ2n) is 3.97. The Hall–Kier alpha value is -0.540. The Morgan fingerprint density at radius 2 is 2.00 bits per heavy atom. The first-order chi connectivity index (χ1) is 7.71. The summed E-state index contributed by atoms with van der Waals surface area (Å²) in [7, 11) is 1.73. The van der Waals surface area contributed by atoms with E-state index in [-0.39, 0.29) is 0 Å². The summed E-state index contributed by atoms with van der Waals surface area (Å²) >= 11 is 3.50. The summed E-state index contributed by atoms with van der Waals surface area (Å²) in [6.45, 7) is 5.46. The second-order valence-corrected chi connectivity index (χ2v) is 4.89. The van der Waals surface area contributed by atoms with Crippen molar-refractivity contribution in [2.75, 3.05) is 7.11 Å². The molecule has 0 atom stereocenters. The van der Waals surface area contributed by atoms with Crippen LogP contribution in [0.4, 0.5) is 0 Å². The molecule has 0 bridgehead atoms. The third-order valence-corrected chi connectivity index (χ3v) is 3.46. The fourth-order valence-corrected chi connectivity index (χ4v) is 2.23. The number of quaternary nitrogens is 1. The predicted octanol–water partition coefficient (Wildman–Crippen LogP) is 2.71. The zero-order valence-corrected chi connectivity index (χ0v) is 11.9. The summed E-state index contributed by atoms with van der Waals surface area (Å²) < 4.78 is 6.47. The van der Waals surface area contributed by atoms with E-state index < -0.39 is 0 Å². The molecule has 1 aromatic rings. The van der Waals surface area contributed by atoms with Gasteiger partial charge >= 0.3 is 0 Å². The maximum absolute atomic E-state index is 5.36. The summed E-state index contributed by atoms with van der Waals surface area (Å²) in [4.78, 5) is 0. The van der Waals surface area contributed by atoms with Crippen molar-refractivity contribution in [2.24, 2.45) is 0 Å². The topological polar surface area (TPSA) is 25.8 Å². The zero-order valence-electron chi connectivity index (χ0n) is 10.3. The van der Waals surface area contributed by atoms with E-state index in [2.05, 4.69) is 41.2 Å². The number of methoxy groups -OCH3 is 1. The Balaban J connectivity index is 2.68. The highest BCUT2D eigenvalue weighted by atomic mass is 79.9. The molecule has 0 spiro atoms. The normalized spacial score (nSPS) is 10.8. The number of rotatable bonds is 6. The van der Waals surface area contributed by atoms with Crippen LogP contribution in [0.5, 0.6) is 5.75 Å². The Morgan fingerprint density at radius 1 is 1.31 bits per heavy atom. The minimum atomic E-state index is 0.712. The van der Waals surface area contributed by atoms with E-state index in [9.17, 15) is 0 Å². The Bertz CT molecular complexity index is 324. The summed E-state index contributed by atoms with van der Waals surface area (Å²) in [6, 6.07) is 6.88. The van der Waals surface area contributed by atoms with E-state index in [0.29, 0.717) is 6.04 Å². The van der Waals surface area contributed by atoms with Gasteiger partial charge < -0.3 is 10.1 Å². The van der Waals surface area contributed by atoms with E-state index in [1.807, 2.05) is 12.1 Å². The monoisotopic (exact) mass is 286 g/mol. The van der Waals surface area contributed by atoms with Gasteiger partial charge in [0.2, 0.25) is 0 Å². The molecule has 0 saturated carbocycles. The minimum absolute atomic E-state index is 0.712. The summed E-state index contributed by atoms with van der Waals surface area (Å²) in [5.74, 6) is 0.977. The van der Waals surface area contributed by atoms with Gasteiger partial charge in [-0.3, -0.25) is 0 Å². The quantitative estimate of drug-likeness (QED) is 0.855. The van der Waals surface area contributed by atoms with Crippen LogP contribution in [0.1, 0.15) is 32.3 Å². The van der Waals surface area contributed by atoms with Gasteiger partial charge in [-0.25, -0.2) is 0 Å². The number of hydrogen-bond acceptors (Lipinski definition) is 1. The fourth-order valence-electron chi connectivity index (χ4n) is 1.82. The molecule has 2 nitrogen and oxygen atoms in total. The van der Waals surface area contributed by atoms with Crippen LogP contribution in [-0.4, -0.2) is 13.2 Å². The van der Waals surface area contributed by atoms with Gasteiger partial charge in [-0.05, 0) is 31.0 Å². The molecule has 1 aromatic carbocycles. The lowest BCUT2D eigenvalue weighted by molar-refractivity contribution is -0.705. The largest absolute Gasteiger partial charge is 0.496 e. The van der Waals surface area contributed by atoms with Gasteiger partial charge in [-0.1, -0.05) is 29.8 Å². The first-order valence-electron chi connectivity index (χ1n) is 5.87. The van der Waals surface area contributed by atoms with Crippen LogP contribution in [0.2, 0.25) is 0 Å². The average molecular weight is 287 g/mol. The molecular formula is C13H21BrNO+. The van der Waals surface area contributed by atoms with Gasteiger partial charge in [0.1, 0.15) is 12.3 Å². The molecule has 1 rings (SSSR count). The van der Waals surface area contributed by atoms with Crippen LogP contribution in [-0.2, 0) is 6.54 Å². The average Bonchev–Trinajstić information content (AvgIpc) is 2.30. The van der Waals surface area contributed by atoms with Crippen molar-refractivity contribution in [3.63, 3.8) is 0 Å². The van der Waals surface area contributed by atoms with Crippen LogP contribution in [0.25, 0.3) is 0 Å². The lowest BCUT2D eigenvalue weighted by Gasteiger charge is -2.13. The number of ether oxygens (including phenoxy) is 1. The minimum Gasteiger partial charge on any atom is -0.496 e. The lowest BCUT2D eigenvalue weighted by atomic mass is 10.1. The van der Waals surface area contributed by atoms with Gasteiger partial charge in [0, 0.05) is 10.0 Å². The molecule has 0 heterocycles. The third-order valence-electron chi connectivity index (χ3n) is 2.96. The molecule has 0 aromatic heterocycles. The number of hydrogen-bond donors (Lipinski definition) is 1. The van der Waals surface area contributed by atoms with Crippen molar-refractivity contribution in [1.82, 2.24) is 0 Å². The Kier molecular flexibility index (Phi) is 5.85. The maximum Gasteiger partial charge on any atom is 0.127 e. The van der Waals surface area contributed by atoms with Crippen LogP contribution in [0, 0.1) is 0 Å². The van der Waals surface area contributed by atoms with Gasteiger partial charge in [0.25, 0.3) is 0 Å². The van der Waals surface area contributed by atoms with E-state index in [1.165, 1.54) is 18.4 Å². The molecule has 0 aliphatic heterocycles. The van der Waals surface area contributed by atoms with Crippen molar-refractivity contribution in [3.05, 3.63) is 28.2 Å². The van der Waals surface area contributed by atoms with Gasteiger partial charge in [-0.2, -0.15) is 0 Å². The van der Waals surface area contributed by atoms with Crippen molar-refractivity contribution in [3.8, 4) is 5.75 Å². The smallest absolute Gasteiger partial charge is 0.127 e. The molecule has 0 unspecified atom stereocenters. The summed E-state index contributed by atoms with van der Waals surface area (Å²) in [6.07, 6.45) is 2.43. The van der Waals surface area contributed by atoms with Crippen LogP contribution in [0.3, 0.4) is 0 Å². The van der Waals surface area contributed by atoms with Gasteiger partial charge in [0.05, 0.1) is 13.2 Å². The van der Waals surface area contributed by atoms with E-state index in [4.69, 9.17) is 4.74 Å². The second kappa shape index (κ2) is 6.92. The summed E-state index contributed by atoms with van der Waals surface area (Å²) in [5.41, 5.74) is 1.25. The van der Waals surface area contributed by atoms with E-state index in [1.54, 1.807) is 7.11 Å². The summed E-state index contributed by atoms with van der Waals surface area (Å²) in [5, 5.41) is 2.39. The van der Waals surface area contributed by atoms with Crippen molar-refractivity contribution in [2.45, 2.75) is 39.3 Å². The van der Waals surface area contributed by atoms with Gasteiger partial charge in [-0.15, -0.1) is 0 Å². The van der Waals surface area contributed by atoms with Crippen LogP contribution >= 0.6 is 15.9 Å². The van der Waals surface area contributed by atoms with Crippen molar-refractivity contribution >= 4 is 15.9 Å². The van der Waals surface area contributed by atoms with Crippen molar-refractivity contribution in [1.29, 1.82) is 0 Å². The fraction of sp³-hybridized carbons (Fsp3) is 0.538. The molecule has 0 saturated heterocycles. The molecule has 0 radical (unpaired) electrons. The highest BCUT2D eigenvalue weighted by Gasteiger charge is 2.09. The highest BCUT2D eigenvalue weighted by Crippen LogP contribution is 2.21. The molecular weight excluding hydrogens is 266 g/mol.